The molecule has 0 aromatic heterocycles. The van der Waals surface area contributed by atoms with Gasteiger partial charge in [0.05, 0.1) is 12.7 Å². The van der Waals surface area contributed by atoms with Gasteiger partial charge in [-0.05, 0) is 57.6 Å². The van der Waals surface area contributed by atoms with E-state index in [2.05, 4.69) is 15.9 Å². The largest absolute Gasteiger partial charge is 0.493 e. The molecule has 1 aliphatic rings. The lowest BCUT2D eigenvalue weighted by atomic mass is 9.97. The number of methoxy groups -OCH3 is 1. The van der Waals surface area contributed by atoms with Crippen molar-refractivity contribution in [1.82, 2.24) is 4.90 Å². The maximum Gasteiger partial charge on any atom is 0.257 e. The highest BCUT2D eigenvalue weighted by Gasteiger charge is 2.28. The van der Waals surface area contributed by atoms with Gasteiger partial charge in [-0.15, -0.1) is 0 Å². The molecule has 3 aromatic rings. The summed E-state index contributed by atoms with van der Waals surface area (Å²) in [5, 5.41) is 1.85. The molecule has 1 amide bonds. The zero-order valence-corrected chi connectivity index (χ0v) is 17.6. The Morgan fingerprint density at radius 3 is 2.45 bits per heavy atom. The lowest BCUT2D eigenvalue weighted by Crippen LogP contribution is -2.36. The van der Waals surface area contributed by atoms with Crippen LogP contribution in [0.15, 0.2) is 46.9 Å². The van der Waals surface area contributed by atoms with Crippen LogP contribution >= 0.6 is 15.9 Å². The van der Waals surface area contributed by atoms with Gasteiger partial charge in [0.15, 0.2) is 11.6 Å². The van der Waals surface area contributed by atoms with Crippen LogP contribution in [-0.2, 0) is 0 Å². The summed E-state index contributed by atoms with van der Waals surface area (Å²) in [5.74, 6) is -2.87. The first-order chi connectivity index (χ1) is 14.0. The minimum atomic E-state index is -1.15. The number of benzene rings is 3. The van der Waals surface area contributed by atoms with Crippen molar-refractivity contribution in [2.24, 2.45) is 0 Å². The molecule has 0 spiro atoms. The molecule has 1 fully saturated rings. The third-order valence-corrected chi connectivity index (χ3v) is 6.25. The van der Waals surface area contributed by atoms with E-state index in [4.69, 9.17) is 4.74 Å². The molecule has 0 N–H and O–H groups in total. The highest BCUT2D eigenvalue weighted by molar-refractivity contribution is 9.10. The lowest BCUT2D eigenvalue weighted by molar-refractivity contribution is 0.0720. The maximum absolute atomic E-state index is 15.0. The van der Waals surface area contributed by atoms with Gasteiger partial charge in [-0.1, -0.05) is 36.4 Å². The van der Waals surface area contributed by atoms with Crippen LogP contribution in [-0.4, -0.2) is 31.0 Å². The van der Waals surface area contributed by atoms with Crippen LogP contribution in [0, 0.1) is 11.6 Å². The van der Waals surface area contributed by atoms with Crippen LogP contribution in [0.25, 0.3) is 21.9 Å². The van der Waals surface area contributed by atoms with E-state index < -0.39 is 11.6 Å². The van der Waals surface area contributed by atoms with Crippen molar-refractivity contribution in [3.63, 3.8) is 0 Å². The Kier molecular flexibility index (Phi) is 5.54. The van der Waals surface area contributed by atoms with Crippen molar-refractivity contribution in [2.75, 3.05) is 20.2 Å². The van der Waals surface area contributed by atoms with E-state index in [0.29, 0.717) is 23.1 Å². The molecular weight excluding hydrogens is 440 g/mol. The second-order valence-electron chi connectivity index (χ2n) is 7.13. The molecule has 0 aliphatic carbocycles. The summed E-state index contributed by atoms with van der Waals surface area (Å²) in [7, 11) is 1.25. The Morgan fingerprint density at radius 1 is 1.00 bits per heavy atom. The first-order valence-electron chi connectivity index (χ1n) is 9.55. The van der Waals surface area contributed by atoms with Gasteiger partial charge in [0, 0.05) is 23.1 Å². The van der Waals surface area contributed by atoms with Crippen LogP contribution in [0.4, 0.5) is 8.78 Å². The van der Waals surface area contributed by atoms with Crippen LogP contribution in [0.5, 0.6) is 5.75 Å². The number of carbonyl (C=O) groups excluding carboxylic acids is 1. The fraction of sp³-hybridized carbons (Fsp3) is 0.261. The third-order valence-electron chi connectivity index (χ3n) is 5.39. The fourth-order valence-corrected chi connectivity index (χ4v) is 4.58. The number of ether oxygens (including phenoxy) is 1. The Labute approximate surface area is 176 Å². The van der Waals surface area contributed by atoms with E-state index in [1.165, 1.54) is 13.2 Å². The molecule has 0 unspecified atom stereocenters. The minimum Gasteiger partial charge on any atom is -0.493 e. The molecule has 0 saturated carbocycles. The highest BCUT2D eigenvalue weighted by Crippen LogP contribution is 2.40. The summed E-state index contributed by atoms with van der Waals surface area (Å²) < 4.78 is 35.6. The standard InChI is InChI=1S/C23H20BrF2NO2/c1-29-22-18(23(28)27-11-5-2-6-12-27)13-17(20(25)21(22)26)16-10-9-14-7-3-4-8-15(14)19(16)24/h3-4,7-10,13H,2,5-6,11-12H2,1H3. The van der Waals surface area contributed by atoms with Crippen molar-refractivity contribution in [2.45, 2.75) is 19.3 Å². The van der Waals surface area contributed by atoms with Gasteiger partial charge in [-0.3, -0.25) is 4.79 Å². The van der Waals surface area contributed by atoms with Crippen molar-refractivity contribution in [1.29, 1.82) is 0 Å². The van der Waals surface area contributed by atoms with Gasteiger partial charge in [-0.25, -0.2) is 4.39 Å². The summed E-state index contributed by atoms with van der Waals surface area (Å²) in [4.78, 5) is 14.7. The van der Waals surface area contributed by atoms with Gasteiger partial charge in [0.1, 0.15) is 0 Å². The number of hydrogen-bond acceptors (Lipinski definition) is 2. The molecule has 4 rings (SSSR count). The van der Waals surface area contributed by atoms with E-state index in [-0.39, 0.29) is 22.8 Å². The van der Waals surface area contributed by atoms with Crippen LogP contribution in [0.2, 0.25) is 0 Å². The molecule has 0 radical (unpaired) electrons. The number of halogens is 3. The number of hydrogen-bond donors (Lipinski definition) is 0. The minimum absolute atomic E-state index is 0.0290. The van der Waals surface area contributed by atoms with Gasteiger partial charge in [0.25, 0.3) is 5.91 Å². The number of rotatable bonds is 3. The predicted octanol–water partition coefficient (Wildman–Crippen LogP) is 6.18. The maximum atomic E-state index is 15.0. The van der Waals surface area contributed by atoms with E-state index in [1.54, 1.807) is 11.0 Å². The Hall–Kier alpha value is -2.47. The Balaban J connectivity index is 1.89. The predicted molar refractivity (Wildman–Crippen MR) is 113 cm³/mol. The molecule has 0 bridgehead atoms. The monoisotopic (exact) mass is 459 g/mol. The smallest absolute Gasteiger partial charge is 0.257 e. The van der Waals surface area contributed by atoms with E-state index in [9.17, 15) is 13.6 Å². The highest BCUT2D eigenvalue weighted by atomic mass is 79.9. The summed E-state index contributed by atoms with van der Waals surface area (Å²) in [5.41, 5.74) is 0.556. The van der Waals surface area contributed by atoms with Crippen molar-refractivity contribution >= 4 is 32.6 Å². The average molecular weight is 460 g/mol. The van der Waals surface area contributed by atoms with Crippen molar-refractivity contribution in [3.8, 4) is 16.9 Å². The topological polar surface area (TPSA) is 29.5 Å². The van der Waals surface area contributed by atoms with Crippen LogP contribution in [0.3, 0.4) is 0 Å². The normalized spacial score (nSPS) is 14.3. The molecule has 29 heavy (non-hydrogen) atoms. The van der Waals surface area contributed by atoms with Gasteiger partial charge in [0.2, 0.25) is 5.82 Å². The summed E-state index contributed by atoms with van der Waals surface area (Å²) in [6.45, 7) is 1.21. The number of piperidine rings is 1. The third kappa shape index (κ3) is 3.50. The van der Waals surface area contributed by atoms with Gasteiger partial charge < -0.3 is 9.64 Å². The van der Waals surface area contributed by atoms with Gasteiger partial charge in [-0.2, -0.15) is 4.39 Å². The number of fused-ring (bicyclic) bond motifs is 1. The molecule has 1 saturated heterocycles. The fourth-order valence-electron chi connectivity index (χ4n) is 3.87. The van der Waals surface area contributed by atoms with E-state index in [0.717, 1.165) is 30.0 Å². The number of likely N-dealkylation sites (tertiary alicyclic amines) is 1. The first kappa shape index (κ1) is 19.8. The van der Waals surface area contributed by atoms with E-state index in [1.807, 2.05) is 30.3 Å². The summed E-state index contributed by atoms with van der Waals surface area (Å²) >= 11 is 3.54. The quantitative estimate of drug-likeness (QED) is 0.467. The second-order valence-corrected chi connectivity index (χ2v) is 7.93. The summed E-state index contributed by atoms with van der Waals surface area (Å²) in [6.07, 6.45) is 2.87. The Bertz CT molecular complexity index is 1090. The number of carbonyl (C=O) groups is 1. The van der Waals surface area contributed by atoms with Crippen molar-refractivity contribution in [3.05, 3.63) is 64.1 Å². The molecule has 3 aromatic carbocycles. The SMILES string of the molecule is COc1c(C(=O)N2CCCCC2)cc(-c2ccc3ccccc3c2Br)c(F)c1F. The van der Waals surface area contributed by atoms with Gasteiger partial charge >= 0.3 is 0 Å². The molecule has 150 valence electrons. The molecule has 0 atom stereocenters. The lowest BCUT2D eigenvalue weighted by Gasteiger charge is -2.27. The molecular formula is C23H20BrF2NO2. The van der Waals surface area contributed by atoms with Crippen LogP contribution in [0.1, 0.15) is 29.6 Å². The molecule has 1 heterocycles. The molecule has 6 heteroatoms. The molecule has 1 aliphatic heterocycles. The van der Waals surface area contributed by atoms with Crippen molar-refractivity contribution < 1.29 is 18.3 Å². The first-order valence-corrected chi connectivity index (χ1v) is 10.3. The van der Waals surface area contributed by atoms with Crippen LogP contribution < -0.4 is 4.74 Å². The summed E-state index contributed by atoms with van der Waals surface area (Å²) in [6, 6.07) is 12.6. The Morgan fingerprint density at radius 2 is 1.72 bits per heavy atom. The molecule has 3 nitrogen and oxygen atoms in total. The van der Waals surface area contributed by atoms with E-state index >= 15 is 0 Å². The number of nitrogens with zero attached hydrogens (tertiary/aromatic N) is 1. The zero-order valence-electron chi connectivity index (χ0n) is 16.0. The number of amides is 1. The second kappa shape index (κ2) is 8.11. The average Bonchev–Trinajstić information content (AvgIpc) is 2.76. The zero-order chi connectivity index (χ0) is 20.5.